The Morgan fingerprint density at radius 3 is 2.60 bits per heavy atom. The summed E-state index contributed by atoms with van der Waals surface area (Å²) in [6, 6.07) is 3.94. The van der Waals surface area contributed by atoms with E-state index in [0.29, 0.717) is 11.8 Å². The molecule has 1 heterocycles. The molecule has 0 aliphatic carbocycles. The van der Waals surface area contributed by atoms with Gasteiger partial charge < -0.3 is 14.8 Å². The van der Waals surface area contributed by atoms with Crippen molar-refractivity contribution in [3.63, 3.8) is 0 Å². The minimum Gasteiger partial charge on any atom is -0.465 e. The summed E-state index contributed by atoms with van der Waals surface area (Å²) in [6.45, 7) is 7.99. The summed E-state index contributed by atoms with van der Waals surface area (Å²) in [5, 5.41) is 12.4. The Bertz CT molecular complexity index is 281. The van der Waals surface area contributed by atoms with Gasteiger partial charge in [0.2, 0.25) is 0 Å². The van der Waals surface area contributed by atoms with Gasteiger partial charge in [-0.3, -0.25) is 0 Å². The molecule has 0 fully saturated rings. The Morgan fingerprint density at radius 1 is 1.40 bits per heavy atom. The predicted octanol–water partition coefficient (Wildman–Crippen LogP) is 1.94. The maximum atomic E-state index is 9.13. The maximum Gasteiger partial charge on any atom is 0.117 e. The lowest BCUT2D eigenvalue weighted by Crippen LogP contribution is -2.28. The zero-order chi connectivity index (χ0) is 11.3. The number of aliphatic hydroxyl groups excluding tert-OH is 1. The van der Waals surface area contributed by atoms with Crippen LogP contribution in [0.1, 0.15) is 25.4 Å². The molecule has 0 aliphatic heterocycles. The van der Waals surface area contributed by atoms with E-state index in [0.717, 1.165) is 24.6 Å². The van der Waals surface area contributed by atoms with Gasteiger partial charge in [0.05, 0.1) is 6.54 Å². The molecule has 1 unspecified atom stereocenters. The Kier molecular flexibility index (Phi) is 4.85. The molecule has 1 rings (SSSR count). The van der Waals surface area contributed by atoms with Crippen molar-refractivity contribution in [3.8, 4) is 0 Å². The highest BCUT2D eigenvalue weighted by molar-refractivity contribution is 5.05. The third-order valence-electron chi connectivity index (χ3n) is 2.68. The standard InChI is InChI=1S/C12H21NO2/c1-9(2)11(8-14)6-13-7-12-5-4-10(3)15-12/h4-5,9,11,13-14H,6-8H2,1-3H3. The SMILES string of the molecule is Cc1ccc(CNCC(CO)C(C)C)o1. The van der Waals surface area contributed by atoms with E-state index < -0.39 is 0 Å². The number of rotatable bonds is 6. The number of hydrogen-bond acceptors (Lipinski definition) is 3. The van der Waals surface area contributed by atoms with Crippen molar-refractivity contribution in [2.75, 3.05) is 13.2 Å². The summed E-state index contributed by atoms with van der Waals surface area (Å²) in [5.74, 6) is 2.71. The van der Waals surface area contributed by atoms with Crippen LogP contribution in [0.15, 0.2) is 16.5 Å². The van der Waals surface area contributed by atoms with Crippen LogP contribution in [-0.2, 0) is 6.54 Å². The lowest BCUT2D eigenvalue weighted by molar-refractivity contribution is 0.185. The van der Waals surface area contributed by atoms with E-state index in [-0.39, 0.29) is 6.61 Å². The molecule has 0 bridgehead atoms. The van der Waals surface area contributed by atoms with Crippen molar-refractivity contribution < 1.29 is 9.52 Å². The van der Waals surface area contributed by atoms with E-state index in [4.69, 9.17) is 9.52 Å². The van der Waals surface area contributed by atoms with Crippen LogP contribution in [0.5, 0.6) is 0 Å². The molecule has 0 amide bonds. The van der Waals surface area contributed by atoms with Crippen molar-refractivity contribution in [3.05, 3.63) is 23.7 Å². The third kappa shape index (κ3) is 4.06. The van der Waals surface area contributed by atoms with Crippen molar-refractivity contribution in [1.29, 1.82) is 0 Å². The van der Waals surface area contributed by atoms with Gasteiger partial charge in [0.1, 0.15) is 11.5 Å². The summed E-state index contributed by atoms with van der Waals surface area (Å²) in [7, 11) is 0. The van der Waals surface area contributed by atoms with Gasteiger partial charge in [-0.2, -0.15) is 0 Å². The summed E-state index contributed by atoms with van der Waals surface area (Å²) in [5.41, 5.74) is 0. The highest BCUT2D eigenvalue weighted by Gasteiger charge is 2.11. The Balaban J connectivity index is 2.26. The van der Waals surface area contributed by atoms with E-state index in [1.807, 2.05) is 19.1 Å². The molecular formula is C12H21NO2. The van der Waals surface area contributed by atoms with Crippen molar-refractivity contribution >= 4 is 0 Å². The fourth-order valence-corrected chi connectivity index (χ4v) is 1.47. The molecule has 15 heavy (non-hydrogen) atoms. The maximum absolute atomic E-state index is 9.13. The van der Waals surface area contributed by atoms with Gasteiger partial charge in [-0.1, -0.05) is 13.8 Å². The molecule has 86 valence electrons. The zero-order valence-corrected chi connectivity index (χ0v) is 9.79. The molecule has 3 heteroatoms. The van der Waals surface area contributed by atoms with Crippen LogP contribution >= 0.6 is 0 Å². The Morgan fingerprint density at radius 2 is 2.13 bits per heavy atom. The molecule has 1 atom stereocenters. The average molecular weight is 211 g/mol. The van der Waals surface area contributed by atoms with Crippen molar-refractivity contribution in [2.45, 2.75) is 27.3 Å². The van der Waals surface area contributed by atoms with Gasteiger partial charge in [-0.15, -0.1) is 0 Å². The molecule has 1 aromatic heterocycles. The fraction of sp³-hybridized carbons (Fsp3) is 0.667. The lowest BCUT2D eigenvalue weighted by Gasteiger charge is -2.18. The van der Waals surface area contributed by atoms with Crippen LogP contribution in [-0.4, -0.2) is 18.3 Å². The van der Waals surface area contributed by atoms with Crippen LogP contribution in [0, 0.1) is 18.8 Å². The quantitative estimate of drug-likeness (QED) is 0.756. The van der Waals surface area contributed by atoms with Crippen LogP contribution in [0.3, 0.4) is 0 Å². The van der Waals surface area contributed by atoms with Crippen molar-refractivity contribution in [1.82, 2.24) is 5.32 Å². The first kappa shape index (κ1) is 12.3. The number of furan rings is 1. The highest BCUT2D eigenvalue weighted by atomic mass is 16.3. The largest absolute Gasteiger partial charge is 0.465 e. The fourth-order valence-electron chi connectivity index (χ4n) is 1.47. The second-order valence-corrected chi connectivity index (χ2v) is 4.33. The van der Waals surface area contributed by atoms with Gasteiger partial charge in [0, 0.05) is 13.2 Å². The van der Waals surface area contributed by atoms with E-state index >= 15 is 0 Å². The van der Waals surface area contributed by atoms with E-state index in [1.54, 1.807) is 0 Å². The lowest BCUT2D eigenvalue weighted by atomic mass is 9.97. The van der Waals surface area contributed by atoms with Crippen LogP contribution < -0.4 is 5.32 Å². The summed E-state index contributed by atoms with van der Waals surface area (Å²) < 4.78 is 5.43. The second kappa shape index (κ2) is 5.93. The average Bonchev–Trinajstić information content (AvgIpc) is 2.58. The first-order valence-corrected chi connectivity index (χ1v) is 5.50. The molecule has 0 aliphatic rings. The zero-order valence-electron chi connectivity index (χ0n) is 9.79. The molecule has 0 saturated heterocycles. The summed E-state index contributed by atoms with van der Waals surface area (Å²) in [6.07, 6.45) is 0. The van der Waals surface area contributed by atoms with Gasteiger partial charge in [0.15, 0.2) is 0 Å². The predicted molar refractivity (Wildman–Crippen MR) is 60.6 cm³/mol. The molecular weight excluding hydrogens is 190 g/mol. The minimum atomic E-state index is 0.238. The summed E-state index contributed by atoms with van der Waals surface area (Å²) in [4.78, 5) is 0. The van der Waals surface area contributed by atoms with Crippen molar-refractivity contribution in [2.24, 2.45) is 11.8 Å². The van der Waals surface area contributed by atoms with Gasteiger partial charge in [-0.05, 0) is 30.9 Å². The summed E-state index contributed by atoms with van der Waals surface area (Å²) >= 11 is 0. The normalized spacial score (nSPS) is 13.4. The van der Waals surface area contributed by atoms with Crippen LogP contribution in [0.4, 0.5) is 0 Å². The topological polar surface area (TPSA) is 45.4 Å². The van der Waals surface area contributed by atoms with Gasteiger partial charge in [0.25, 0.3) is 0 Å². The highest BCUT2D eigenvalue weighted by Crippen LogP contribution is 2.09. The molecule has 0 aromatic carbocycles. The van der Waals surface area contributed by atoms with E-state index in [9.17, 15) is 0 Å². The van der Waals surface area contributed by atoms with E-state index in [1.165, 1.54) is 0 Å². The van der Waals surface area contributed by atoms with Crippen LogP contribution in [0.2, 0.25) is 0 Å². The molecule has 0 spiro atoms. The first-order valence-electron chi connectivity index (χ1n) is 5.50. The minimum absolute atomic E-state index is 0.238. The number of aliphatic hydroxyl groups is 1. The molecule has 0 radical (unpaired) electrons. The monoisotopic (exact) mass is 211 g/mol. The first-order chi connectivity index (χ1) is 7.13. The molecule has 3 nitrogen and oxygen atoms in total. The van der Waals surface area contributed by atoms with Gasteiger partial charge >= 0.3 is 0 Å². The number of nitrogens with one attached hydrogen (secondary N) is 1. The van der Waals surface area contributed by atoms with Gasteiger partial charge in [-0.25, -0.2) is 0 Å². The second-order valence-electron chi connectivity index (χ2n) is 4.33. The van der Waals surface area contributed by atoms with E-state index in [2.05, 4.69) is 19.2 Å². The number of hydrogen-bond donors (Lipinski definition) is 2. The van der Waals surface area contributed by atoms with Crippen LogP contribution in [0.25, 0.3) is 0 Å². The Hall–Kier alpha value is -0.800. The molecule has 2 N–H and O–H groups in total. The molecule has 1 aromatic rings. The molecule has 0 saturated carbocycles. The number of aryl methyl sites for hydroxylation is 1. The third-order valence-corrected chi connectivity index (χ3v) is 2.68. The smallest absolute Gasteiger partial charge is 0.117 e. The Labute approximate surface area is 91.5 Å².